The monoisotopic (exact) mass is 434 g/mol. The summed E-state index contributed by atoms with van der Waals surface area (Å²) in [6.45, 7) is 0. The first-order chi connectivity index (χ1) is 9.34. The topological polar surface area (TPSA) is 34.9 Å². The van der Waals surface area contributed by atoms with E-state index >= 15 is 0 Å². The van der Waals surface area contributed by atoms with Gasteiger partial charge in [0.15, 0.2) is 5.56 Å². The Morgan fingerprint density at radius 3 is 2.50 bits per heavy atom. The molecule has 0 aliphatic heterocycles. The van der Waals surface area contributed by atoms with Crippen LogP contribution in [0.5, 0.6) is 0 Å². The van der Waals surface area contributed by atoms with Crippen LogP contribution in [0, 0.1) is 6.07 Å². The van der Waals surface area contributed by atoms with E-state index in [1.54, 1.807) is 23.0 Å². The van der Waals surface area contributed by atoms with E-state index in [-0.39, 0.29) is 28.1 Å². The number of aromatic nitrogens is 2. The second-order valence-electron chi connectivity index (χ2n) is 4.10. The maximum atomic E-state index is 11.9. The van der Waals surface area contributed by atoms with E-state index in [2.05, 4.69) is 11.1 Å². The molecule has 0 spiro atoms. The summed E-state index contributed by atoms with van der Waals surface area (Å²) in [5, 5.41) is 0. The molecule has 0 unspecified atom stereocenters. The predicted molar refractivity (Wildman–Crippen MR) is 76.2 cm³/mol. The average molecular weight is 434 g/mol. The number of hydrogen-bond acceptors (Lipinski definition) is 2. The molecule has 2 heterocycles. The van der Waals surface area contributed by atoms with Gasteiger partial charge in [-0.3, -0.25) is 9.78 Å². The quantitative estimate of drug-likeness (QED) is 0.582. The molecule has 0 aliphatic rings. The van der Waals surface area contributed by atoms with Crippen LogP contribution >= 0.6 is 0 Å². The van der Waals surface area contributed by atoms with Crippen molar-refractivity contribution < 1.29 is 22.5 Å². The first-order valence-electron chi connectivity index (χ1n) is 5.96. The normalized spacial score (nSPS) is 9.80. The van der Waals surface area contributed by atoms with Crippen LogP contribution in [0.2, 0.25) is 0 Å². The average Bonchev–Trinajstić information content (AvgIpc) is 2.49. The largest absolute Gasteiger partial charge is 0.317 e. The van der Waals surface area contributed by atoms with Crippen LogP contribution in [0.1, 0.15) is 1.43 Å². The summed E-state index contributed by atoms with van der Waals surface area (Å²) in [4.78, 5) is 16.2. The van der Waals surface area contributed by atoms with Crippen molar-refractivity contribution in [1.82, 2.24) is 9.55 Å². The van der Waals surface area contributed by atoms with Gasteiger partial charge in [0, 0.05) is 34.4 Å². The number of pyridine rings is 2. The smallest absolute Gasteiger partial charge is 0.162 e. The van der Waals surface area contributed by atoms with E-state index in [9.17, 15) is 4.79 Å². The van der Waals surface area contributed by atoms with Crippen LogP contribution < -0.4 is 5.56 Å². The molecule has 3 rings (SSSR count). The van der Waals surface area contributed by atoms with Gasteiger partial charge in [-0.1, -0.05) is 36.5 Å². The van der Waals surface area contributed by atoms with E-state index in [1.165, 1.54) is 0 Å². The van der Waals surface area contributed by atoms with Crippen LogP contribution in [0.25, 0.3) is 16.9 Å². The van der Waals surface area contributed by atoms with E-state index in [0.29, 0.717) is 0 Å². The molecule has 0 radical (unpaired) electrons. The molecule has 0 saturated carbocycles. The summed E-state index contributed by atoms with van der Waals surface area (Å²) >= 11 is 0. The number of hydrogen-bond donors (Lipinski definition) is 0. The van der Waals surface area contributed by atoms with Gasteiger partial charge in [-0.25, -0.2) is 6.07 Å². The van der Waals surface area contributed by atoms with E-state index in [4.69, 9.17) is 0 Å². The molecular weight excluding hydrogens is 420 g/mol. The molecule has 0 aliphatic carbocycles. The Hall–Kier alpha value is -1.99. The van der Waals surface area contributed by atoms with Crippen molar-refractivity contribution in [2.45, 2.75) is 0 Å². The second kappa shape index (κ2) is 6.44. The number of nitrogens with zero attached hydrogens (tertiary/aromatic N) is 2. The van der Waals surface area contributed by atoms with Crippen molar-refractivity contribution in [1.29, 1.82) is 0 Å². The Bertz CT molecular complexity index is 745. The van der Waals surface area contributed by atoms with Crippen molar-refractivity contribution in [3.05, 3.63) is 83.4 Å². The number of para-hydroxylation sites is 1. The minimum Gasteiger partial charge on any atom is -0.317 e. The van der Waals surface area contributed by atoms with Crippen molar-refractivity contribution in [3.63, 3.8) is 0 Å². The third-order valence-corrected chi connectivity index (χ3v) is 2.83. The molecule has 4 heteroatoms. The summed E-state index contributed by atoms with van der Waals surface area (Å²) in [6.07, 6.45) is 3.52. The van der Waals surface area contributed by atoms with Crippen LogP contribution in [0.3, 0.4) is 0 Å². The van der Waals surface area contributed by atoms with Crippen LogP contribution in [-0.2, 0) is 21.1 Å². The molecule has 0 bridgehead atoms. The van der Waals surface area contributed by atoms with Gasteiger partial charge in [-0.15, -0.1) is 5.56 Å². The zero-order chi connectivity index (χ0) is 13.1. The summed E-state index contributed by atoms with van der Waals surface area (Å²) in [6, 6.07) is 19.6. The Morgan fingerprint density at radius 2 is 1.80 bits per heavy atom. The van der Waals surface area contributed by atoms with Gasteiger partial charge >= 0.3 is 0 Å². The summed E-state index contributed by atoms with van der Waals surface area (Å²) < 4.78 is 1.57. The zero-order valence-electron chi connectivity index (χ0n) is 10.6. The van der Waals surface area contributed by atoms with Crippen molar-refractivity contribution in [2.75, 3.05) is 0 Å². The fraction of sp³-hybridized carbons (Fsp3) is 0. The van der Waals surface area contributed by atoms with Gasteiger partial charge in [0.2, 0.25) is 0 Å². The second-order valence-corrected chi connectivity index (χ2v) is 4.10. The Balaban J connectivity index is 0.00000110. The Kier molecular flexibility index (Phi) is 4.65. The maximum Gasteiger partial charge on any atom is 0.162 e. The number of benzene rings is 1. The summed E-state index contributed by atoms with van der Waals surface area (Å²) in [7, 11) is 0. The third kappa shape index (κ3) is 2.94. The minimum absolute atomic E-state index is 0. The van der Waals surface area contributed by atoms with Gasteiger partial charge in [-0.05, 0) is 23.9 Å². The predicted octanol–water partition coefficient (Wildman–Crippen LogP) is 2.94. The van der Waals surface area contributed by atoms with Gasteiger partial charge in [-0.2, -0.15) is 6.07 Å². The van der Waals surface area contributed by atoms with E-state index < -0.39 is 0 Å². The molecule has 3 nitrogen and oxygen atoms in total. The molecule has 20 heavy (non-hydrogen) atoms. The Morgan fingerprint density at radius 1 is 1.05 bits per heavy atom. The molecule has 1 aromatic carbocycles. The van der Waals surface area contributed by atoms with Gasteiger partial charge in [0.25, 0.3) is 0 Å². The summed E-state index contributed by atoms with van der Waals surface area (Å²) in [5.74, 6) is 0. The van der Waals surface area contributed by atoms with Crippen molar-refractivity contribution in [3.8, 4) is 16.9 Å². The van der Waals surface area contributed by atoms with Crippen molar-refractivity contribution >= 4 is 0 Å². The van der Waals surface area contributed by atoms with Crippen LogP contribution in [0.15, 0.2) is 71.8 Å². The molecule has 0 fully saturated rings. The standard InChI is InChI=1S/C16H11N2O.W.H2/c19-16-10-9-13(15-8-4-5-11-17-15)12-18(16)14-6-2-1-3-7-14;;/h1-9,11-12H;;1H/q-1;;/i;;1+1. The Labute approximate surface area is 132 Å². The molecule has 100 valence electrons. The SMILES string of the molecule is O=c1[c-]cc(-c2ccccn2)cn1-c1ccccc1.[2HH].[W]. The molecule has 2 aromatic heterocycles. The fourth-order valence-electron chi connectivity index (χ4n) is 1.90. The molecular formula is C16H13N2OW-. The van der Waals surface area contributed by atoms with Gasteiger partial charge in [0.05, 0.1) is 0 Å². The third-order valence-electron chi connectivity index (χ3n) is 2.83. The molecule has 3 aromatic rings. The van der Waals surface area contributed by atoms with Crippen LogP contribution in [0.4, 0.5) is 0 Å². The first-order valence-corrected chi connectivity index (χ1v) is 5.96. The zero-order valence-corrected chi connectivity index (χ0v) is 13.5. The van der Waals surface area contributed by atoms with E-state index in [0.717, 1.165) is 16.9 Å². The van der Waals surface area contributed by atoms with E-state index in [1.807, 2.05) is 48.5 Å². The maximum absolute atomic E-state index is 11.9. The molecule has 0 N–H and O–H groups in total. The van der Waals surface area contributed by atoms with Gasteiger partial charge < -0.3 is 4.57 Å². The fourth-order valence-corrected chi connectivity index (χ4v) is 1.90. The van der Waals surface area contributed by atoms with Crippen LogP contribution in [-0.4, -0.2) is 9.55 Å². The summed E-state index contributed by atoms with van der Waals surface area (Å²) in [5.41, 5.74) is 2.33. The minimum atomic E-state index is -0.175. The molecule has 0 saturated heterocycles. The molecule has 0 amide bonds. The van der Waals surface area contributed by atoms with Crippen molar-refractivity contribution in [2.24, 2.45) is 0 Å². The first kappa shape index (κ1) is 14.4. The molecule has 0 atom stereocenters. The number of rotatable bonds is 2. The van der Waals surface area contributed by atoms with Gasteiger partial charge in [0.1, 0.15) is 0 Å².